The van der Waals surface area contributed by atoms with Crippen LogP contribution in [0.5, 0.6) is 5.75 Å². The summed E-state index contributed by atoms with van der Waals surface area (Å²) in [5.41, 5.74) is 3.40. The van der Waals surface area contributed by atoms with E-state index in [-0.39, 0.29) is 5.82 Å². The van der Waals surface area contributed by atoms with Gasteiger partial charge < -0.3 is 9.84 Å². The van der Waals surface area contributed by atoms with Crippen LogP contribution in [0.2, 0.25) is 5.02 Å². The van der Waals surface area contributed by atoms with E-state index in [0.717, 1.165) is 28.9 Å². The lowest BCUT2D eigenvalue weighted by Crippen LogP contribution is -2.05. The maximum absolute atomic E-state index is 13.4. The van der Waals surface area contributed by atoms with E-state index in [1.54, 1.807) is 6.07 Å². The number of halogens is 2. The molecule has 0 saturated heterocycles. The molecule has 0 aliphatic carbocycles. The van der Waals surface area contributed by atoms with Gasteiger partial charge in [-0.2, -0.15) is 0 Å². The molecule has 1 N–H and O–H groups in total. The molecule has 0 spiro atoms. The second-order valence-corrected chi connectivity index (χ2v) is 5.81. The highest BCUT2D eigenvalue weighted by molar-refractivity contribution is 6.30. The van der Waals surface area contributed by atoms with Crippen molar-refractivity contribution in [2.24, 2.45) is 0 Å². The first-order valence-electron chi connectivity index (χ1n) is 6.93. The zero-order valence-electron chi connectivity index (χ0n) is 11.7. The van der Waals surface area contributed by atoms with E-state index < -0.39 is 6.10 Å². The van der Waals surface area contributed by atoms with Gasteiger partial charge >= 0.3 is 0 Å². The summed E-state index contributed by atoms with van der Waals surface area (Å²) in [7, 11) is 0. The number of hydrogen-bond donors (Lipinski definition) is 1. The second-order valence-electron chi connectivity index (χ2n) is 5.37. The normalized spacial score (nSPS) is 14.7. The first-order valence-corrected chi connectivity index (χ1v) is 7.30. The van der Waals surface area contributed by atoms with E-state index >= 15 is 0 Å². The first kappa shape index (κ1) is 14.4. The summed E-state index contributed by atoms with van der Waals surface area (Å²) in [6, 6.07) is 8.15. The molecule has 1 aliphatic rings. The van der Waals surface area contributed by atoms with Gasteiger partial charge in [0.15, 0.2) is 0 Å². The third-order valence-corrected chi connectivity index (χ3v) is 4.06. The molecule has 2 aromatic rings. The molecule has 0 bridgehead atoms. The molecule has 21 heavy (non-hydrogen) atoms. The predicted molar refractivity (Wildman–Crippen MR) is 80.5 cm³/mol. The van der Waals surface area contributed by atoms with Crippen LogP contribution in [0.15, 0.2) is 30.3 Å². The Kier molecular flexibility index (Phi) is 3.87. The molecule has 1 unspecified atom stereocenters. The Morgan fingerprint density at radius 3 is 2.95 bits per heavy atom. The second kappa shape index (κ2) is 5.66. The fourth-order valence-corrected chi connectivity index (χ4v) is 3.05. The zero-order chi connectivity index (χ0) is 15.0. The number of hydrogen-bond acceptors (Lipinski definition) is 2. The lowest BCUT2D eigenvalue weighted by Gasteiger charge is -2.16. The molecule has 0 fully saturated rings. The number of ether oxygens (including phenoxy) is 1. The molecule has 0 saturated carbocycles. The van der Waals surface area contributed by atoms with Gasteiger partial charge in [-0.1, -0.05) is 17.7 Å². The number of rotatable bonds is 3. The van der Waals surface area contributed by atoms with Crippen molar-refractivity contribution >= 4 is 11.6 Å². The fraction of sp³-hybridized carbons (Fsp3) is 0.294. The van der Waals surface area contributed by atoms with Gasteiger partial charge in [-0.05, 0) is 53.4 Å². The lowest BCUT2D eigenvalue weighted by molar-refractivity contribution is 0.176. The van der Waals surface area contributed by atoms with Gasteiger partial charge in [0.1, 0.15) is 11.6 Å². The van der Waals surface area contributed by atoms with Crippen LogP contribution in [0, 0.1) is 12.7 Å². The molecule has 2 nitrogen and oxygen atoms in total. The Balaban J connectivity index is 1.92. The van der Waals surface area contributed by atoms with Crippen LogP contribution in [0.3, 0.4) is 0 Å². The minimum absolute atomic E-state index is 0.345. The number of aryl methyl sites for hydroxylation is 1. The third kappa shape index (κ3) is 2.89. The van der Waals surface area contributed by atoms with Crippen molar-refractivity contribution in [3.8, 4) is 5.75 Å². The summed E-state index contributed by atoms with van der Waals surface area (Å²) in [6.07, 6.45) is 0.401. The highest BCUT2D eigenvalue weighted by Crippen LogP contribution is 2.35. The SMILES string of the molecule is Cc1ccc(F)cc1C(O)Cc1cc(Cl)cc2c1OCC2. The Bertz CT molecular complexity index is 685. The van der Waals surface area contributed by atoms with Crippen molar-refractivity contribution in [2.75, 3.05) is 6.61 Å². The van der Waals surface area contributed by atoms with Crippen LogP contribution < -0.4 is 4.74 Å². The molecule has 110 valence electrons. The standard InChI is InChI=1S/C17H16ClFO2/c1-10-2-3-14(19)9-15(10)16(20)8-12-7-13(18)6-11-4-5-21-17(11)12/h2-3,6-7,9,16,20H,4-5,8H2,1H3. The Labute approximate surface area is 128 Å². The monoisotopic (exact) mass is 306 g/mol. The van der Waals surface area contributed by atoms with Gasteiger partial charge in [0, 0.05) is 17.9 Å². The van der Waals surface area contributed by atoms with Crippen LogP contribution in [-0.2, 0) is 12.8 Å². The van der Waals surface area contributed by atoms with Crippen molar-refractivity contribution in [2.45, 2.75) is 25.9 Å². The van der Waals surface area contributed by atoms with E-state index in [9.17, 15) is 9.50 Å². The molecule has 2 aromatic carbocycles. The molecule has 1 aliphatic heterocycles. The number of aliphatic hydroxyl groups excluding tert-OH is 1. The average Bonchev–Trinajstić information content (AvgIpc) is 2.89. The Morgan fingerprint density at radius 1 is 1.33 bits per heavy atom. The summed E-state index contributed by atoms with van der Waals surface area (Å²) in [6.45, 7) is 2.49. The molecule has 1 atom stereocenters. The van der Waals surface area contributed by atoms with Gasteiger partial charge in [0.2, 0.25) is 0 Å². The van der Waals surface area contributed by atoms with Crippen molar-refractivity contribution in [1.29, 1.82) is 0 Å². The summed E-state index contributed by atoms with van der Waals surface area (Å²) in [4.78, 5) is 0. The first-order chi connectivity index (χ1) is 10.0. The summed E-state index contributed by atoms with van der Waals surface area (Å²) in [5, 5.41) is 11.1. The van der Waals surface area contributed by atoms with E-state index in [1.165, 1.54) is 12.1 Å². The van der Waals surface area contributed by atoms with E-state index in [4.69, 9.17) is 16.3 Å². The summed E-state index contributed by atoms with van der Waals surface area (Å²) >= 11 is 6.12. The molecule has 0 amide bonds. The number of benzene rings is 2. The molecule has 1 heterocycles. The van der Waals surface area contributed by atoms with Crippen molar-refractivity contribution < 1.29 is 14.2 Å². The molecular formula is C17H16ClFO2. The number of aliphatic hydroxyl groups is 1. The van der Waals surface area contributed by atoms with E-state index in [0.29, 0.717) is 23.6 Å². The van der Waals surface area contributed by atoms with Crippen molar-refractivity contribution in [3.05, 3.63) is 63.4 Å². The zero-order valence-corrected chi connectivity index (χ0v) is 12.5. The van der Waals surface area contributed by atoms with Gasteiger partial charge in [0.25, 0.3) is 0 Å². The summed E-state index contributed by atoms with van der Waals surface area (Å²) < 4.78 is 19.0. The Hall–Kier alpha value is -1.58. The minimum atomic E-state index is -0.785. The molecule has 4 heteroatoms. The molecule has 0 aromatic heterocycles. The van der Waals surface area contributed by atoms with Crippen molar-refractivity contribution in [3.63, 3.8) is 0 Å². The van der Waals surface area contributed by atoms with E-state index in [1.807, 2.05) is 19.1 Å². The Morgan fingerprint density at radius 2 is 2.14 bits per heavy atom. The minimum Gasteiger partial charge on any atom is -0.493 e. The van der Waals surface area contributed by atoms with Crippen LogP contribution >= 0.6 is 11.6 Å². The van der Waals surface area contributed by atoms with Gasteiger partial charge in [-0.25, -0.2) is 4.39 Å². The highest BCUT2D eigenvalue weighted by Gasteiger charge is 2.21. The third-order valence-electron chi connectivity index (χ3n) is 3.84. The van der Waals surface area contributed by atoms with E-state index in [2.05, 4.69) is 0 Å². The maximum Gasteiger partial charge on any atom is 0.126 e. The molecule has 3 rings (SSSR count). The summed E-state index contributed by atoms with van der Waals surface area (Å²) in [5.74, 6) is 0.467. The maximum atomic E-state index is 13.4. The molecular weight excluding hydrogens is 291 g/mol. The van der Waals surface area contributed by atoms with Crippen molar-refractivity contribution in [1.82, 2.24) is 0 Å². The topological polar surface area (TPSA) is 29.5 Å². The smallest absolute Gasteiger partial charge is 0.126 e. The highest BCUT2D eigenvalue weighted by atomic mass is 35.5. The van der Waals surface area contributed by atoms with Crippen LogP contribution in [0.4, 0.5) is 4.39 Å². The average molecular weight is 307 g/mol. The van der Waals surface area contributed by atoms with Gasteiger partial charge in [0.05, 0.1) is 12.7 Å². The quantitative estimate of drug-likeness (QED) is 0.929. The van der Waals surface area contributed by atoms with Crippen LogP contribution in [-0.4, -0.2) is 11.7 Å². The van der Waals surface area contributed by atoms with Crippen LogP contribution in [0.25, 0.3) is 0 Å². The predicted octanol–water partition coefficient (Wildman–Crippen LogP) is 4.00. The fourth-order valence-electron chi connectivity index (χ4n) is 2.79. The largest absolute Gasteiger partial charge is 0.493 e. The lowest BCUT2D eigenvalue weighted by atomic mass is 9.96. The number of fused-ring (bicyclic) bond motifs is 1. The van der Waals surface area contributed by atoms with Gasteiger partial charge in [-0.3, -0.25) is 0 Å². The van der Waals surface area contributed by atoms with Gasteiger partial charge in [-0.15, -0.1) is 0 Å². The molecule has 0 radical (unpaired) electrons. The van der Waals surface area contributed by atoms with Crippen LogP contribution in [0.1, 0.15) is 28.4 Å².